The zero-order chi connectivity index (χ0) is 21.7. The molecule has 2 N–H and O–H groups in total. The predicted molar refractivity (Wildman–Crippen MR) is 117 cm³/mol. The summed E-state index contributed by atoms with van der Waals surface area (Å²) >= 11 is 0. The molecule has 1 amide bonds. The second kappa shape index (κ2) is 8.96. The Morgan fingerprint density at radius 1 is 1.07 bits per heavy atom. The molecular formula is C22H23N3O4S. The Kier molecular flexibility index (Phi) is 6.37. The number of carbonyl (C=O) groups is 1. The summed E-state index contributed by atoms with van der Waals surface area (Å²) in [5.41, 5.74) is 2.64. The monoisotopic (exact) mass is 425 g/mol. The third-order valence-electron chi connectivity index (χ3n) is 4.33. The Morgan fingerprint density at radius 3 is 2.30 bits per heavy atom. The first-order valence-electron chi connectivity index (χ1n) is 9.38. The van der Waals surface area contributed by atoms with Crippen LogP contribution in [0.1, 0.15) is 36.7 Å². The van der Waals surface area contributed by atoms with Crippen LogP contribution in [-0.2, 0) is 14.8 Å². The topological polar surface area (TPSA) is 101 Å². The number of nitrogens with one attached hydrogen (secondary N) is 2. The predicted octanol–water partition coefficient (Wildman–Crippen LogP) is 4.56. The maximum absolute atomic E-state index is 12.4. The van der Waals surface area contributed by atoms with Crippen LogP contribution >= 0.6 is 0 Å². The van der Waals surface area contributed by atoms with Gasteiger partial charge in [-0.05, 0) is 54.3 Å². The van der Waals surface area contributed by atoms with Crippen LogP contribution in [0.15, 0.2) is 70.1 Å². The fraction of sp³-hybridized carbons (Fsp3) is 0.182. The molecular weight excluding hydrogens is 402 g/mol. The van der Waals surface area contributed by atoms with Crippen LogP contribution in [0.3, 0.4) is 0 Å². The summed E-state index contributed by atoms with van der Waals surface area (Å²) in [4.78, 5) is 12.2. The van der Waals surface area contributed by atoms with Crippen LogP contribution in [0.2, 0.25) is 0 Å². The first-order chi connectivity index (χ1) is 14.2. The highest BCUT2D eigenvalue weighted by Gasteiger charge is 2.16. The zero-order valence-corrected chi connectivity index (χ0v) is 17.7. The summed E-state index contributed by atoms with van der Waals surface area (Å²) < 4.78 is 31.9. The number of amides is 1. The molecule has 2 aromatic carbocycles. The second-order valence-corrected chi connectivity index (χ2v) is 8.78. The van der Waals surface area contributed by atoms with Crippen molar-refractivity contribution in [3.05, 3.63) is 77.6 Å². The number of aryl methyl sites for hydroxylation is 1. The Balaban J connectivity index is 1.61. The molecule has 3 aromatic rings. The number of hydrogen-bond donors (Lipinski definition) is 2. The van der Waals surface area contributed by atoms with Crippen LogP contribution in [0, 0.1) is 6.92 Å². The highest BCUT2D eigenvalue weighted by Crippen LogP contribution is 2.19. The lowest BCUT2D eigenvalue weighted by atomic mass is 10.0. The molecule has 0 bridgehead atoms. The van der Waals surface area contributed by atoms with Crippen molar-refractivity contribution in [3.63, 3.8) is 0 Å². The van der Waals surface area contributed by atoms with Crippen LogP contribution in [0.25, 0.3) is 6.08 Å². The van der Waals surface area contributed by atoms with E-state index < -0.39 is 10.0 Å². The number of rotatable bonds is 7. The quantitative estimate of drug-likeness (QED) is 0.541. The van der Waals surface area contributed by atoms with E-state index in [0.29, 0.717) is 17.4 Å². The molecule has 0 unspecified atom stereocenters. The molecule has 0 radical (unpaired) electrons. The molecule has 0 aliphatic rings. The molecule has 30 heavy (non-hydrogen) atoms. The van der Waals surface area contributed by atoms with Gasteiger partial charge in [0, 0.05) is 17.8 Å². The molecule has 0 fully saturated rings. The number of benzene rings is 2. The average Bonchev–Trinajstić information content (AvgIpc) is 3.11. The Labute approximate surface area is 175 Å². The van der Waals surface area contributed by atoms with Gasteiger partial charge in [-0.2, -0.15) is 0 Å². The van der Waals surface area contributed by atoms with Gasteiger partial charge in [-0.15, -0.1) is 0 Å². The van der Waals surface area contributed by atoms with Crippen LogP contribution in [0.4, 0.5) is 11.5 Å². The van der Waals surface area contributed by atoms with E-state index in [2.05, 4.69) is 29.0 Å². The molecule has 1 heterocycles. The minimum atomic E-state index is -3.80. The van der Waals surface area contributed by atoms with E-state index in [1.54, 1.807) is 13.0 Å². The van der Waals surface area contributed by atoms with Crippen molar-refractivity contribution < 1.29 is 17.7 Å². The number of hydrogen-bond acceptors (Lipinski definition) is 5. The lowest BCUT2D eigenvalue weighted by Crippen LogP contribution is -2.13. The molecule has 0 spiro atoms. The van der Waals surface area contributed by atoms with E-state index in [9.17, 15) is 13.2 Å². The number of carbonyl (C=O) groups excluding carboxylic acids is 1. The SMILES string of the molecule is Cc1cc(NS(=O)(=O)c2ccc(NC(=O)C=Cc3ccc(C(C)C)cc3)cc2)no1. The van der Waals surface area contributed by atoms with Crippen molar-refractivity contribution in [2.75, 3.05) is 10.0 Å². The smallest absolute Gasteiger partial charge is 0.263 e. The summed E-state index contributed by atoms with van der Waals surface area (Å²) in [5.74, 6) is 0.745. The van der Waals surface area contributed by atoms with Crippen molar-refractivity contribution in [1.29, 1.82) is 0 Å². The number of nitrogens with zero attached hydrogens (tertiary/aromatic N) is 1. The van der Waals surface area contributed by atoms with Gasteiger partial charge in [-0.1, -0.05) is 43.3 Å². The maximum atomic E-state index is 12.4. The molecule has 0 atom stereocenters. The van der Waals surface area contributed by atoms with Crippen molar-refractivity contribution in [1.82, 2.24) is 5.16 Å². The van der Waals surface area contributed by atoms with E-state index in [-0.39, 0.29) is 16.6 Å². The van der Waals surface area contributed by atoms with E-state index in [1.165, 1.54) is 42.0 Å². The molecule has 1 aromatic heterocycles. The lowest BCUT2D eigenvalue weighted by Gasteiger charge is -2.07. The first-order valence-corrected chi connectivity index (χ1v) is 10.9. The van der Waals surface area contributed by atoms with E-state index in [4.69, 9.17) is 4.52 Å². The molecule has 156 valence electrons. The number of sulfonamides is 1. The minimum absolute atomic E-state index is 0.0435. The van der Waals surface area contributed by atoms with Gasteiger partial charge in [0.2, 0.25) is 5.91 Å². The fourth-order valence-corrected chi connectivity index (χ4v) is 3.66. The molecule has 0 aliphatic heterocycles. The van der Waals surface area contributed by atoms with Crippen molar-refractivity contribution in [3.8, 4) is 0 Å². The number of anilines is 2. The summed E-state index contributed by atoms with van der Waals surface area (Å²) in [7, 11) is -3.80. The van der Waals surface area contributed by atoms with Gasteiger partial charge >= 0.3 is 0 Å². The summed E-state index contributed by atoms with van der Waals surface area (Å²) in [5, 5.41) is 6.32. The molecule has 7 nitrogen and oxygen atoms in total. The van der Waals surface area contributed by atoms with Gasteiger partial charge in [0.1, 0.15) is 5.76 Å². The average molecular weight is 426 g/mol. The second-order valence-electron chi connectivity index (χ2n) is 7.10. The van der Waals surface area contributed by atoms with Crippen molar-refractivity contribution in [2.24, 2.45) is 0 Å². The highest BCUT2D eigenvalue weighted by atomic mass is 32.2. The lowest BCUT2D eigenvalue weighted by molar-refractivity contribution is -0.111. The third kappa shape index (κ3) is 5.57. The van der Waals surface area contributed by atoms with Crippen LogP contribution < -0.4 is 10.0 Å². The van der Waals surface area contributed by atoms with Gasteiger partial charge in [0.05, 0.1) is 4.90 Å². The maximum Gasteiger partial charge on any atom is 0.263 e. The summed E-state index contributed by atoms with van der Waals surface area (Å²) in [6.45, 7) is 5.91. The Morgan fingerprint density at radius 2 is 1.73 bits per heavy atom. The largest absolute Gasteiger partial charge is 0.360 e. The minimum Gasteiger partial charge on any atom is -0.360 e. The first kappa shape index (κ1) is 21.3. The van der Waals surface area contributed by atoms with Crippen molar-refractivity contribution >= 4 is 33.5 Å². The van der Waals surface area contributed by atoms with Crippen molar-refractivity contribution in [2.45, 2.75) is 31.6 Å². The van der Waals surface area contributed by atoms with E-state index >= 15 is 0 Å². The van der Waals surface area contributed by atoms with Gasteiger partial charge in [-0.25, -0.2) is 8.42 Å². The van der Waals surface area contributed by atoms with Crippen LogP contribution in [0.5, 0.6) is 0 Å². The molecule has 0 aliphatic carbocycles. The summed E-state index contributed by atoms with van der Waals surface area (Å²) in [6, 6.07) is 15.3. The number of aromatic nitrogens is 1. The third-order valence-corrected chi connectivity index (χ3v) is 5.70. The molecule has 0 saturated heterocycles. The fourth-order valence-electron chi connectivity index (χ4n) is 2.68. The van der Waals surface area contributed by atoms with E-state index in [0.717, 1.165) is 5.56 Å². The Bertz CT molecular complexity index is 1150. The van der Waals surface area contributed by atoms with Gasteiger partial charge in [0.25, 0.3) is 10.0 Å². The van der Waals surface area contributed by atoms with Gasteiger partial charge in [0.15, 0.2) is 5.82 Å². The Hall–Kier alpha value is -3.39. The molecule has 0 saturated carbocycles. The normalized spacial score (nSPS) is 11.7. The summed E-state index contributed by atoms with van der Waals surface area (Å²) in [6.07, 6.45) is 3.16. The van der Waals surface area contributed by atoms with Crippen LogP contribution in [-0.4, -0.2) is 19.5 Å². The molecule has 8 heteroatoms. The zero-order valence-electron chi connectivity index (χ0n) is 16.9. The molecule has 3 rings (SSSR count). The standard InChI is InChI=1S/C22H23N3O4S/c1-15(2)18-7-4-17(5-8-18)6-13-22(26)23-19-9-11-20(12-10-19)30(27,28)25-21-14-16(3)29-24-21/h4-15H,1-3H3,(H,23,26)(H,24,25). The van der Waals surface area contributed by atoms with E-state index in [1.807, 2.05) is 24.3 Å². The highest BCUT2D eigenvalue weighted by molar-refractivity contribution is 7.92. The van der Waals surface area contributed by atoms with Gasteiger partial charge in [-0.3, -0.25) is 9.52 Å². The van der Waals surface area contributed by atoms with Gasteiger partial charge < -0.3 is 9.84 Å².